The first-order chi connectivity index (χ1) is 5.57. The normalized spacial score (nSPS) is 11.2. The van der Waals surface area contributed by atoms with E-state index in [0.29, 0.717) is 13.0 Å². The second-order valence-corrected chi connectivity index (χ2v) is 2.41. The molecule has 0 aromatic carbocycles. The highest BCUT2D eigenvalue weighted by molar-refractivity contribution is 5.77. The Morgan fingerprint density at radius 1 is 1.67 bits per heavy atom. The Hall–Kier alpha value is -1.46. The molecule has 0 aliphatic carbocycles. The number of carbonyl (C=O) groups is 1. The van der Waals surface area contributed by atoms with Gasteiger partial charge in [0.25, 0.3) is 0 Å². The number of guanidine groups is 1. The Morgan fingerprint density at radius 3 is 2.67 bits per heavy atom. The van der Waals surface area contributed by atoms with E-state index in [9.17, 15) is 4.79 Å². The summed E-state index contributed by atoms with van der Waals surface area (Å²) in [5.74, 6) is 4.30. The van der Waals surface area contributed by atoms with Crippen LogP contribution < -0.4 is 11.6 Å². The molecule has 0 unspecified atom stereocenters. The molecule has 0 radical (unpaired) electrons. The second kappa shape index (κ2) is 5.22. The van der Waals surface area contributed by atoms with Crippen molar-refractivity contribution in [1.82, 2.24) is 4.90 Å². The summed E-state index contributed by atoms with van der Waals surface area (Å²) in [7, 11) is 1.70. The van der Waals surface area contributed by atoms with Gasteiger partial charge < -0.3 is 21.6 Å². The van der Waals surface area contributed by atoms with Gasteiger partial charge in [-0.2, -0.15) is 0 Å². The summed E-state index contributed by atoms with van der Waals surface area (Å²) in [5.41, 5.74) is 5.34. The first kappa shape index (κ1) is 10.5. The summed E-state index contributed by atoms with van der Waals surface area (Å²) < 4.78 is 0. The van der Waals surface area contributed by atoms with Crippen molar-refractivity contribution in [2.45, 2.75) is 12.8 Å². The number of hydrogen-bond donors (Lipinski definition) is 3. The van der Waals surface area contributed by atoms with Crippen LogP contribution >= 0.6 is 0 Å². The number of aliphatic carboxylic acids is 1. The van der Waals surface area contributed by atoms with E-state index in [2.05, 4.69) is 5.10 Å². The number of carboxylic acid groups (broad SMARTS) is 1. The zero-order chi connectivity index (χ0) is 9.56. The number of nitrogens with two attached hydrogens (primary N) is 2. The molecule has 0 amide bonds. The van der Waals surface area contributed by atoms with Crippen LogP contribution in [-0.4, -0.2) is 35.5 Å². The lowest BCUT2D eigenvalue weighted by Gasteiger charge is -2.15. The lowest BCUT2D eigenvalue weighted by molar-refractivity contribution is -0.137. The molecule has 12 heavy (non-hydrogen) atoms. The van der Waals surface area contributed by atoms with Gasteiger partial charge in [0, 0.05) is 20.0 Å². The van der Waals surface area contributed by atoms with E-state index in [-0.39, 0.29) is 12.4 Å². The quantitative estimate of drug-likeness (QED) is 0.219. The maximum Gasteiger partial charge on any atom is 0.303 e. The number of carboxylic acids is 1. The first-order valence-corrected chi connectivity index (χ1v) is 3.54. The van der Waals surface area contributed by atoms with E-state index in [1.807, 2.05) is 0 Å². The fourth-order valence-electron chi connectivity index (χ4n) is 0.681. The second-order valence-electron chi connectivity index (χ2n) is 2.41. The van der Waals surface area contributed by atoms with Crippen LogP contribution in [0.4, 0.5) is 0 Å². The van der Waals surface area contributed by atoms with E-state index < -0.39 is 5.97 Å². The highest BCUT2D eigenvalue weighted by Crippen LogP contribution is 1.91. The van der Waals surface area contributed by atoms with E-state index >= 15 is 0 Å². The zero-order valence-electron chi connectivity index (χ0n) is 7.03. The monoisotopic (exact) mass is 174 g/mol. The Kier molecular flexibility index (Phi) is 4.59. The molecule has 0 atom stereocenters. The Labute approximate surface area is 70.8 Å². The van der Waals surface area contributed by atoms with Crippen LogP contribution in [-0.2, 0) is 4.79 Å². The van der Waals surface area contributed by atoms with Gasteiger partial charge in [-0.3, -0.25) is 4.79 Å². The predicted molar refractivity (Wildman–Crippen MR) is 45.3 cm³/mol. The van der Waals surface area contributed by atoms with E-state index in [0.717, 1.165) is 0 Å². The lowest BCUT2D eigenvalue weighted by atomic mass is 10.3. The van der Waals surface area contributed by atoms with Crippen LogP contribution in [0.2, 0.25) is 0 Å². The minimum Gasteiger partial charge on any atom is -0.481 e. The molecule has 0 aliphatic rings. The minimum absolute atomic E-state index is 0.127. The maximum atomic E-state index is 10.1. The summed E-state index contributed by atoms with van der Waals surface area (Å²) in [6.45, 7) is 0.541. The number of rotatable bonds is 4. The summed E-state index contributed by atoms with van der Waals surface area (Å²) in [6.07, 6.45) is 0.657. The molecule has 0 spiro atoms. The van der Waals surface area contributed by atoms with Gasteiger partial charge >= 0.3 is 5.97 Å². The fraction of sp³-hybridized carbons (Fsp3) is 0.667. The van der Waals surface area contributed by atoms with E-state index in [1.54, 1.807) is 11.9 Å². The topological polar surface area (TPSA) is 105 Å². The summed E-state index contributed by atoms with van der Waals surface area (Å²) in [5, 5.41) is 11.6. The van der Waals surface area contributed by atoms with Crippen LogP contribution in [0.1, 0.15) is 12.8 Å². The molecule has 5 N–H and O–H groups in total. The standard InChI is InChI=1S/C6H14N4O2/c1-10(6(7)9-8)4-2-3-5(11)12/h2-4,8H2,1H3,(H2,7,9)(H,11,12). The molecule has 0 fully saturated rings. The molecule has 0 aromatic heterocycles. The van der Waals surface area contributed by atoms with Gasteiger partial charge in [0.2, 0.25) is 5.96 Å². The average Bonchev–Trinajstić information content (AvgIpc) is 2.02. The summed E-state index contributed by atoms with van der Waals surface area (Å²) >= 11 is 0. The summed E-state index contributed by atoms with van der Waals surface area (Å²) in [4.78, 5) is 11.7. The van der Waals surface area contributed by atoms with Gasteiger partial charge in [-0.25, -0.2) is 0 Å². The third kappa shape index (κ3) is 4.37. The van der Waals surface area contributed by atoms with Crippen molar-refractivity contribution in [3.8, 4) is 0 Å². The fourth-order valence-corrected chi connectivity index (χ4v) is 0.681. The number of hydrogen-bond acceptors (Lipinski definition) is 3. The molecule has 6 nitrogen and oxygen atoms in total. The van der Waals surface area contributed by atoms with Crippen molar-refractivity contribution < 1.29 is 9.90 Å². The van der Waals surface area contributed by atoms with Crippen LogP contribution in [0.15, 0.2) is 5.10 Å². The van der Waals surface area contributed by atoms with E-state index in [4.69, 9.17) is 16.7 Å². The third-order valence-corrected chi connectivity index (χ3v) is 1.41. The van der Waals surface area contributed by atoms with Crippen molar-refractivity contribution in [3.05, 3.63) is 0 Å². The van der Waals surface area contributed by atoms with Crippen molar-refractivity contribution >= 4 is 11.9 Å². The highest BCUT2D eigenvalue weighted by atomic mass is 16.4. The average molecular weight is 174 g/mol. The minimum atomic E-state index is -0.813. The molecule has 70 valence electrons. The van der Waals surface area contributed by atoms with Gasteiger partial charge in [-0.1, -0.05) is 0 Å². The first-order valence-electron chi connectivity index (χ1n) is 3.54. The largest absolute Gasteiger partial charge is 0.481 e. The molecule has 0 bridgehead atoms. The van der Waals surface area contributed by atoms with Gasteiger partial charge in [-0.05, 0) is 6.42 Å². The molecule has 0 rings (SSSR count). The Balaban J connectivity index is 3.57. The number of hydrazone groups is 1. The van der Waals surface area contributed by atoms with Crippen LogP contribution in [0.5, 0.6) is 0 Å². The lowest BCUT2D eigenvalue weighted by Crippen LogP contribution is -2.35. The van der Waals surface area contributed by atoms with Crippen molar-refractivity contribution in [1.29, 1.82) is 0 Å². The molecule has 6 heteroatoms. The van der Waals surface area contributed by atoms with Crippen LogP contribution in [0.3, 0.4) is 0 Å². The van der Waals surface area contributed by atoms with Crippen molar-refractivity contribution in [2.24, 2.45) is 16.7 Å². The molecule has 0 heterocycles. The molecule has 0 saturated heterocycles. The van der Waals surface area contributed by atoms with Crippen LogP contribution in [0.25, 0.3) is 0 Å². The van der Waals surface area contributed by atoms with Crippen LogP contribution in [0, 0.1) is 0 Å². The molecule has 0 aliphatic heterocycles. The molecular formula is C6H14N4O2. The predicted octanol–water partition coefficient (Wildman–Crippen LogP) is -1.03. The van der Waals surface area contributed by atoms with Crippen molar-refractivity contribution in [3.63, 3.8) is 0 Å². The Bertz CT molecular complexity index is 180. The zero-order valence-corrected chi connectivity index (χ0v) is 7.03. The Morgan fingerprint density at radius 2 is 2.25 bits per heavy atom. The number of nitrogens with zero attached hydrogens (tertiary/aromatic N) is 2. The molecule has 0 saturated carbocycles. The highest BCUT2D eigenvalue weighted by Gasteiger charge is 2.02. The molecule has 0 aromatic rings. The SMILES string of the molecule is CN(CCCC(=O)O)C(N)=NN. The van der Waals surface area contributed by atoms with E-state index in [1.165, 1.54) is 0 Å². The summed E-state index contributed by atoms with van der Waals surface area (Å²) in [6, 6.07) is 0. The van der Waals surface area contributed by atoms with Gasteiger partial charge in [0.05, 0.1) is 0 Å². The third-order valence-electron chi connectivity index (χ3n) is 1.41. The molecular weight excluding hydrogens is 160 g/mol. The smallest absolute Gasteiger partial charge is 0.303 e. The van der Waals surface area contributed by atoms with Gasteiger partial charge in [0.15, 0.2) is 0 Å². The van der Waals surface area contributed by atoms with Gasteiger partial charge in [0.1, 0.15) is 0 Å². The van der Waals surface area contributed by atoms with Gasteiger partial charge in [-0.15, -0.1) is 5.10 Å². The maximum absolute atomic E-state index is 10.1. The van der Waals surface area contributed by atoms with Crippen molar-refractivity contribution in [2.75, 3.05) is 13.6 Å².